The number of aromatic nitrogens is 1. The number of nitrogens with one attached hydrogen (secondary N) is 1. The predicted molar refractivity (Wildman–Crippen MR) is 91.8 cm³/mol. The highest BCUT2D eigenvalue weighted by atomic mass is 19.4. The van der Waals surface area contributed by atoms with Crippen LogP contribution in [0.25, 0.3) is 0 Å². The average Bonchev–Trinajstić information content (AvgIpc) is 2.66. The van der Waals surface area contributed by atoms with Crippen LogP contribution in [0.4, 0.5) is 13.2 Å². The second kappa shape index (κ2) is 9.07. The lowest BCUT2D eigenvalue weighted by Crippen LogP contribution is -2.27. The Bertz CT molecular complexity index is 855. The van der Waals surface area contributed by atoms with E-state index in [1.165, 1.54) is 37.6 Å². The van der Waals surface area contributed by atoms with Crippen molar-refractivity contribution in [3.63, 3.8) is 0 Å². The van der Waals surface area contributed by atoms with E-state index in [9.17, 15) is 22.8 Å². The fourth-order valence-corrected chi connectivity index (χ4v) is 2.32. The van der Waals surface area contributed by atoms with Crippen LogP contribution in [0.1, 0.15) is 26.3 Å². The highest BCUT2D eigenvalue weighted by Gasteiger charge is 2.29. The quantitative estimate of drug-likeness (QED) is 0.710. The van der Waals surface area contributed by atoms with Crippen LogP contribution in [0.5, 0.6) is 11.6 Å². The van der Waals surface area contributed by atoms with Crippen LogP contribution in [0, 0.1) is 0 Å². The standard InChI is InChI=1S/C18H17F3N2O5/c1-27-14-9-12(17(25)26)5-4-11(14)6-8-22-15(24)13-3-2-7-23-16(13)28-10-18(19,20)21/h2-5,7,9H,6,8,10H2,1H3,(H,22,24)(H,25,26). The van der Waals surface area contributed by atoms with Gasteiger partial charge in [0, 0.05) is 12.7 Å². The number of carbonyl (C=O) groups is 2. The van der Waals surface area contributed by atoms with Crippen molar-refractivity contribution >= 4 is 11.9 Å². The number of pyridine rings is 1. The van der Waals surface area contributed by atoms with E-state index in [0.717, 1.165) is 0 Å². The van der Waals surface area contributed by atoms with E-state index in [-0.39, 0.29) is 17.7 Å². The summed E-state index contributed by atoms with van der Waals surface area (Å²) in [6.45, 7) is -1.42. The molecule has 10 heteroatoms. The number of hydrogen-bond donors (Lipinski definition) is 2. The third kappa shape index (κ3) is 5.86. The molecule has 0 saturated heterocycles. The predicted octanol–water partition coefficient (Wildman–Crippen LogP) is 2.70. The Balaban J connectivity index is 2.01. The van der Waals surface area contributed by atoms with Crippen molar-refractivity contribution in [3.8, 4) is 11.6 Å². The highest BCUT2D eigenvalue weighted by Crippen LogP contribution is 2.22. The molecule has 0 atom stereocenters. The summed E-state index contributed by atoms with van der Waals surface area (Å²) in [6, 6.07) is 7.05. The molecule has 1 amide bonds. The Hall–Kier alpha value is -3.30. The number of aromatic carboxylic acids is 1. The first-order valence-corrected chi connectivity index (χ1v) is 8.04. The minimum atomic E-state index is -4.55. The maximum Gasteiger partial charge on any atom is 0.422 e. The van der Waals surface area contributed by atoms with Gasteiger partial charge >= 0.3 is 12.1 Å². The van der Waals surface area contributed by atoms with E-state index in [2.05, 4.69) is 15.0 Å². The number of benzene rings is 1. The molecule has 2 rings (SSSR count). The van der Waals surface area contributed by atoms with E-state index < -0.39 is 30.5 Å². The molecule has 0 unspecified atom stereocenters. The molecule has 0 saturated carbocycles. The molecular formula is C18H17F3N2O5. The van der Waals surface area contributed by atoms with Crippen molar-refractivity contribution < 1.29 is 37.3 Å². The van der Waals surface area contributed by atoms with E-state index in [1.54, 1.807) is 6.07 Å². The fourth-order valence-electron chi connectivity index (χ4n) is 2.32. The number of halogens is 3. The summed E-state index contributed by atoms with van der Waals surface area (Å²) in [7, 11) is 1.39. The summed E-state index contributed by atoms with van der Waals surface area (Å²) < 4.78 is 46.7. The van der Waals surface area contributed by atoms with Crippen molar-refractivity contribution in [2.24, 2.45) is 0 Å². The molecule has 1 aromatic heterocycles. The fraction of sp³-hybridized carbons (Fsp3) is 0.278. The second-order valence-corrected chi connectivity index (χ2v) is 5.60. The molecule has 0 bridgehead atoms. The largest absolute Gasteiger partial charge is 0.496 e. The van der Waals surface area contributed by atoms with Crippen molar-refractivity contribution in [2.75, 3.05) is 20.3 Å². The summed E-state index contributed by atoms with van der Waals surface area (Å²) in [6.07, 6.45) is -3.02. The zero-order valence-electron chi connectivity index (χ0n) is 14.7. The van der Waals surface area contributed by atoms with E-state index in [0.29, 0.717) is 17.7 Å². The monoisotopic (exact) mass is 398 g/mol. The topological polar surface area (TPSA) is 97.8 Å². The summed E-state index contributed by atoms with van der Waals surface area (Å²) in [4.78, 5) is 26.9. The number of alkyl halides is 3. The van der Waals surface area contributed by atoms with Crippen LogP contribution in [-0.2, 0) is 6.42 Å². The summed E-state index contributed by atoms with van der Waals surface area (Å²) in [5.41, 5.74) is 0.596. The SMILES string of the molecule is COc1cc(C(=O)O)ccc1CCNC(=O)c1cccnc1OCC(F)(F)F. The van der Waals surface area contributed by atoms with Crippen LogP contribution in [-0.4, -0.2) is 48.4 Å². The number of nitrogens with zero attached hydrogens (tertiary/aromatic N) is 1. The number of amides is 1. The molecule has 0 aliphatic heterocycles. The Morgan fingerprint density at radius 2 is 2.00 bits per heavy atom. The van der Waals surface area contributed by atoms with Crippen LogP contribution >= 0.6 is 0 Å². The van der Waals surface area contributed by atoms with Crippen LogP contribution in [0.2, 0.25) is 0 Å². The van der Waals surface area contributed by atoms with Gasteiger partial charge in [0.1, 0.15) is 11.3 Å². The molecule has 0 radical (unpaired) electrons. The molecular weight excluding hydrogens is 381 g/mol. The van der Waals surface area contributed by atoms with E-state index in [1.807, 2.05) is 0 Å². The van der Waals surface area contributed by atoms with Gasteiger partial charge < -0.3 is 19.9 Å². The average molecular weight is 398 g/mol. The Morgan fingerprint density at radius 1 is 1.25 bits per heavy atom. The van der Waals surface area contributed by atoms with E-state index in [4.69, 9.17) is 9.84 Å². The molecule has 0 spiro atoms. The number of carboxylic acids is 1. The number of hydrogen-bond acceptors (Lipinski definition) is 5. The van der Waals surface area contributed by atoms with Crippen molar-refractivity contribution in [3.05, 3.63) is 53.2 Å². The number of carbonyl (C=O) groups excluding carboxylic acids is 1. The van der Waals surface area contributed by atoms with Gasteiger partial charge in [0.2, 0.25) is 5.88 Å². The summed E-state index contributed by atoms with van der Waals surface area (Å²) in [5.74, 6) is -1.81. The van der Waals surface area contributed by atoms with Gasteiger partial charge in [-0.2, -0.15) is 13.2 Å². The molecule has 0 fully saturated rings. The molecule has 150 valence electrons. The first-order valence-electron chi connectivity index (χ1n) is 8.04. The number of rotatable bonds is 8. The summed E-state index contributed by atoms with van der Waals surface area (Å²) >= 11 is 0. The third-order valence-electron chi connectivity index (χ3n) is 3.60. The van der Waals surface area contributed by atoms with Crippen LogP contribution in [0.15, 0.2) is 36.5 Å². The van der Waals surface area contributed by atoms with Crippen molar-refractivity contribution in [2.45, 2.75) is 12.6 Å². The Morgan fingerprint density at radius 3 is 2.64 bits per heavy atom. The van der Waals surface area contributed by atoms with E-state index >= 15 is 0 Å². The first kappa shape index (κ1) is 21.0. The molecule has 0 aliphatic carbocycles. The minimum Gasteiger partial charge on any atom is -0.496 e. The maximum atomic E-state index is 12.3. The molecule has 2 aromatic rings. The lowest BCUT2D eigenvalue weighted by atomic mass is 10.1. The first-order chi connectivity index (χ1) is 13.2. The van der Waals surface area contributed by atoms with Crippen LogP contribution < -0.4 is 14.8 Å². The van der Waals surface area contributed by atoms with Crippen molar-refractivity contribution in [1.29, 1.82) is 0 Å². The van der Waals surface area contributed by atoms with Gasteiger partial charge in [0.15, 0.2) is 6.61 Å². The zero-order chi connectivity index (χ0) is 20.7. The normalized spacial score (nSPS) is 11.0. The highest BCUT2D eigenvalue weighted by molar-refractivity contribution is 5.96. The van der Waals surface area contributed by atoms with Gasteiger partial charge in [-0.15, -0.1) is 0 Å². The third-order valence-corrected chi connectivity index (χ3v) is 3.60. The number of ether oxygens (including phenoxy) is 2. The molecule has 0 aliphatic rings. The minimum absolute atomic E-state index is 0.0615. The molecule has 7 nitrogen and oxygen atoms in total. The van der Waals surface area contributed by atoms with Crippen molar-refractivity contribution in [1.82, 2.24) is 10.3 Å². The smallest absolute Gasteiger partial charge is 0.422 e. The number of carboxylic acid groups (broad SMARTS) is 1. The Labute approximate surface area is 158 Å². The van der Waals surface area contributed by atoms with Gasteiger partial charge in [0.05, 0.1) is 12.7 Å². The van der Waals surface area contributed by atoms with Gasteiger partial charge in [-0.25, -0.2) is 9.78 Å². The zero-order valence-corrected chi connectivity index (χ0v) is 14.7. The molecule has 1 heterocycles. The maximum absolute atomic E-state index is 12.3. The molecule has 1 aromatic carbocycles. The second-order valence-electron chi connectivity index (χ2n) is 5.60. The molecule has 2 N–H and O–H groups in total. The molecule has 28 heavy (non-hydrogen) atoms. The lowest BCUT2D eigenvalue weighted by molar-refractivity contribution is -0.154. The van der Waals surface area contributed by atoms with Crippen LogP contribution in [0.3, 0.4) is 0 Å². The summed E-state index contributed by atoms with van der Waals surface area (Å²) in [5, 5.41) is 11.6. The van der Waals surface area contributed by atoms with Gasteiger partial charge in [-0.3, -0.25) is 4.79 Å². The van der Waals surface area contributed by atoms with Gasteiger partial charge in [-0.1, -0.05) is 6.07 Å². The van der Waals surface area contributed by atoms with Gasteiger partial charge in [-0.05, 0) is 36.2 Å². The Kier molecular flexibility index (Phi) is 6.80. The van der Waals surface area contributed by atoms with Gasteiger partial charge in [0.25, 0.3) is 5.91 Å². The number of methoxy groups -OCH3 is 1. The lowest BCUT2D eigenvalue weighted by Gasteiger charge is -2.13.